The van der Waals surface area contributed by atoms with Gasteiger partial charge in [-0.25, -0.2) is 13.4 Å². The molecule has 1 N–H and O–H groups in total. The molecule has 0 saturated carbocycles. The van der Waals surface area contributed by atoms with E-state index in [1.165, 1.54) is 0 Å². The van der Waals surface area contributed by atoms with Gasteiger partial charge in [0.25, 0.3) is 0 Å². The van der Waals surface area contributed by atoms with Crippen molar-refractivity contribution in [1.29, 1.82) is 0 Å². The normalized spacial score (nSPS) is 17.9. The second-order valence-electron chi connectivity index (χ2n) is 9.52. The molecule has 202 valence electrons. The zero-order valence-corrected chi connectivity index (χ0v) is 22.7. The first-order chi connectivity index (χ1) is 18.1. The first-order valence-corrected chi connectivity index (χ1v) is 14.5. The van der Waals surface area contributed by atoms with Crippen molar-refractivity contribution in [3.05, 3.63) is 76.8 Å². The molecule has 1 unspecified atom stereocenters. The molecule has 0 amide bonds. The number of carboxylic acids is 1. The van der Waals surface area contributed by atoms with Crippen molar-refractivity contribution in [2.45, 2.75) is 40.0 Å². The molecule has 1 aromatic heterocycles. The van der Waals surface area contributed by atoms with Gasteiger partial charge in [-0.2, -0.15) is 0 Å². The molecule has 4 rings (SSSR count). The summed E-state index contributed by atoms with van der Waals surface area (Å²) in [6, 6.07) is 9.48. The number of aromatic nitrogens is 1. The fourth-order valence-corrected chi connectivity index (χ4v) is 5.50. The van der Waals surface area contributed by atoms with Crippen LogP contribution >= 0.6 is 0 Å². The lowest BCUT2D eigenvalue weighted by molar-refractivity contribution is -0.137. The number of aliphatic carboxylic acids is 1. The second-order valence-corrected chi connectivity index (χ2v) is 12.0. The number of ether oxygens (including phenoxy) is 3. The third-order valence-electron chi connectivity index (χ3n) is 6.58. The molecule has 0 radical (unpaired) electrons. The summed E-state index contributed by atoms with van der Waals surface area (Å²) >= 11 is 0. The number of sulfone groups is 1. The van der Waals surface area contributed by atoms with Crippen LogP contribution in [0, 0.1) is 19.8 Å². The van der Waals surface area contributed by atoms with Crippen molar-refractivity contribution >= 4 is 15.8 Å². The fraction of sp³-hybridized carbons (Fsp3) is 0.379. The smallest absolute Gasteiger partial charge is 0.304 e. The average Bonchev–Trinajstić information content (AvgIpc) is 3.26. The lowest BCUT2D eigenvalue weighted by atomic mass is 9.92. The van der Waals surface area contributed by atoms with Crippen LogP contribution in [0.15, 0.2) is 65.7 Å². The van der Waals surface area contributed by atoms with E-state index in [-0.39, 0.29) is 23.8 Å². The Bertz CT molecular complexity index is 1380. The quantitative estimate of drug-likeness (QED) is 0.308. The minimum absolute atomic E-state index is 0.0602. The van der Waals surface area contributed by atoms with E-state index in [0.717, 1.165) is 33.5 Å². The highest BCUT2D eigenvalue weighted by Gasteiger charge is 2.30. The summed E-state index contributed by atoms with van der Waals surface area (Å²) in [4.78, 5) is 15.8. The van der Waals surface area contributed by atoms with Gasteiger partial charge in [-0.1, -0.05) is 19.1 Å². The topological polar surface area (TPSA) is 112 Å². The summed E-state index contributed by atoms with van der Waals surface area (Å²) in [5.41, 5.74) is 5.61. The molecule has 8 nitrogen and oxygen atoms in total. The van der Waals surface area contributed by atoms with Gasteiger partial charge in [-0.15, -0.1) is 0 Å². The highest BCUT2D eigenvalue weighted by Crippen LogP contribution is 2.37. The van der Waals surface area contributed by atoms with Crippen LogP contribution in [0.3, 0.4) is 0 Å². The summed E-state index contributed by atoms with van der Waals surface area (Å²) < 4.78 is 40.7. The van der Waals surface area contributed by atoms with Crippen molar-refractivity contribution in [1.82, 2.24) is 4.98 Å². The Balaban J connectivity index is 1.41. The predicted octanol–water partition coefficient (Wildman–Crippen LogP) is 5.17. The van der Waals surface area contributed by atoms with E-state index < -0.39 is 15.8 Å². The van der Waals surface area contributed by atoms with Gasteiger partial charge in [0.05, 0.1) is 37.3 Å². The number of allylic oxidation sites excluding steroid dienone is 4. The van der Waals surface area contributed by atoms with Crippen LogP contribution in [-0.2, 0) is 19.4 Å². The Hall–Kier alpha value is -3.59. The first-order valence-electron chi connectivity index (χ1n) is 12.7. The van der Waals surface area contributed by atoms with Crippen molar-refractivity contribution in [2.24, 2.45) is 5.92 Å². The van der Waals surface area contributed by atoms with Gasteiger partial charge in [0.15, 0.2) is 0 Å². The van der Waals surface area contributed by atoms with E-state index in [0.29, 0.717) is 43.4 Å². The number of carbonyl (C=O) groups is 1. The van der Waals surface area contributed by atoms with E-state index in [1.54, 1.807) is 19.3 Å². The maximum atomic E-state index is 11.7. The number of nitrogens with zero attached hydrogens (tertiary/aromatic N) is 1. The molecule has 2 heterocycles. The van der Waals surface area contributed by atoms with Gasteiger partial charge in [0.2, 0.25) is 5.88 Å². The van der Waals surface area contributed by atoms with E-state index in [9.17, 15) is 13.2 Å². The van der Waals surface area contributed by atoms with Crippen LogP contribution in [0.5, 0.6) is 11.6 Å². The number of carboxylic acid groups (broad SMARTS) is 1. The lowest BCUT2D eigenvalue weighted by Crippen LogP contribution is -2.12. The van der Waals surface area contributed by atoms with Gasteiger partial charge in [0.1, 0.15) is 21.3 Å². The number of rotatable bonds is 11. The number of hydrogen-bond acceptors (Lipinski definition) is 7. The van der Waals surface area contributed by atoms with Gasteiger partial charge >= 0.3 is 5.97 Å². The zero-order valence-electron chi connectivity index (χ0n) is 21.9. The maximum absolute atomic E-state index is 11.7. The van der Waals surface area contributed by atoms with E-state index in [1.807, 2.05) is 50.3 Å². The van der Waals surface area contributed by atoms with Crippen molar-refractivity contribution in [3.8, 4) is 22.9 Å². The molecule has 1 aromatic carbocycles. The van der Waals surface area contributed by atoms with Crippen LogP contribution in [0.4, 0.5) is 0 Å². The van der Waals surface area contributed by atoms with Crippen molar-refractivity contribution in [2.75, 3.05) is 24.7 Å². The largest absolute Gasteiger partial charge is 0.494 e. The molecular weight excluding hydrogens is 506 g/mol. The fourth-order valence-electron chi connectivity index (χ4n) is 4.65. The van der Waals surface area contributed by atoms with Gasteiger partial charge in [-0.05, 0) is 73.2 Å². The Morgan fingerprint density at radius 3 is 2.71 bits per heavy atom. The zero-order chi connectivity index (χ0) is 27.3. The summed E-state index contributed by atoms with van der Waals surface area (Å²) in [6.45, 7) is 6.35. The summed E-state index contributed by atoms with van der Waals surface area (Å²) in [6.07, 6.45) is 6.69. The second kappa shape index (κ2) is 11.9. The molecule has 38 heavy (non-hydrogen) atoms. The van der Waals surface area contributed by atoms with E-state index in [4.69, 9.17) is 24.3 Å². The molecule has 1 saturated heterocycles. The Morgan fingerprint density at radius 2 is 2.00 bits per heavy atom. The minimum atomic E-state index is -3.00. The lowest BCUT2D eigenvalue weighted by Gasteiger charge is -2.14. The number of fused-ring (bicyclic) bond motifs is 1. The Kier molecular flexibility index (Phi) is 8.56. The van der Waals surface area contributed by atoms with Crippen LogP contribution in [0.25, 0.3) is 11.3 Å². The molecule has 1 aliphatic carbocycles. The van der Waals surface area contributed by atoms with Crippen LogP contribution < -0.4 is 9.47 Å². The van der Waals surface area contributed by atoms with Gasteiger partial charge in [0, 0.05) is 23.3 Å². The van der Waals surface area contributed by atoms with Gasteiger partial charge in [-0.3, -0.25) is 4.79 Å². The Labute approximate surface area is 223 Å². The molecule has 1 aliphatic heterocycles. The number of hydrogen-bond donors (Lipinski definition) is 1. The molecule has 2 aromatic rings. The van der Waals surface area contributed by atoms with E-state index >= 15 is 0 Å². The average molecular weight is 540 g/mol. The molecule has 9 heteroatoms. The third-order valence-corrected chi connectivity index (χ3v) is 8.38. The molecule has 0 spiro atoms. The third kappa shape index (κ3) is 6.83. The van der Waals surface area contributed by atoms with E-state index in [2.05, 4.69) is 0 Å². The van der Waals surface area contributed by atoms with Crippen LogP contribution in [0.1, 0.15) is 37.3 Å². The SMILES string of the molecule is CCS(=O)(=O)CCCOc1cc(C)c(-c2cccc(OC=C3C=C4OCC(CC(=O)O)C4=CC3)n2)c(C)c1. The molecular formula is C29H33NO7S. The van der Waals surface area contributed by atoms with Crippen molar-refractivity contribution < 1.29 is 32.5 Å². The maximum Gasteiger partial charge on any atom is 0.304 e. The molecule has 0 bridgehead atoms. The van der Waals surface area contributed by atoms with Gasteiger partial charge < -0.3 is 19.3 Å². The molecule has 2 aliphatic rings. The summed E-state index contributed by atoms with van der Waals surface area (Å²) in [5, 5.41) is 9.09. The first kappa shape index (κ1) is 27.4. The summed E-state index contributed by atoms with van der Waals surface area (Å²) in [7, 11) is -3.00. The molecule has 1 fully saturated rings. The predicted molar refractivity (Wildman–Crippen MR) is 145 cm³/mol. The van der Waals surface area contributed by atoms with Crippen LogP contribution in [-0.4, -0.2) is 49.2 Å². The monoisotopic (exact) mass is 539 g/mol. The Morgan fingerprint density at radius 1 is 1.24 bits per heavy atom. The highest BCUT2D eigenvalue weighted by molar-refractivity contribution is 7.91. The molecule has 1 atom stereocenters. The van der Waals surface area contributed by atoms with Crippen LogP contribution in [0.2, 0.25) is 0 Å². The van der Waals surface area contributed by atoms with Crippen molar-refractivity contribution in [3.63, 3.8) is 0 Å². The summed E-state index contributed by atoms with van der Waals surface area (Å²) in [5.74, 6) is 1.19. The standard InChI is InChI=1S/C29H33NO7S/c1-4-38(33,34)12-6-11-35-23-13-19(2)29(20(3)14-23)25-7-5-8-27(30-25)37-17-21-9-10-24-22(16-28(31)32)18-36-26(24)15-21/h5,7-8,10,13-15,17,22H,4,6,9,11-12,16,18H2,1-3H3,(H,31,32). The minimum Gasteiger partial charge on any atom is -0.494 e. The highest BCUT2D eigenvalue weighted by atomic mass is 32.2. The number of pyridine rings is 1. The number of benzene rings is 1. The number of aryl methyl sites for hydroxylation is 2.